The molecule has 0 heterocycles. The fraction of sp³-hybridized carbons (Fsp3) is 0.200. The lowest BCUT2D eigenvalue weighted by molar-refractivity contribution is 0.566. The van der Waals surface area contributed by atoms with Crippen molar-refractivity contribution in [3.8, 4) is 0 Å². The van der Waals surface area contributed by atoms with Gasteiger partial charge in [-0.05, 0) is 30.2 Å². The van der Waals surface area contributed by atoms with E-state index in [0.717, 1.165) is 5.56 Å². The maximum atomic E-state index is 12.2. The topological polar surface area (TPSA) is 46.2 Å². The Morgan fingerprint density at radius 1 is 1.10 bits per heavy atom. The van der Waals surface area contributed by atoms with Gasteiger partial charge in [0.05, 0.1) is 5.75 Å². The molecule has 0 spiro atoms. The number of sulfonamides is 1. The molecule has 21 heavy (non-hydrogen) atoms. The lowest BCUT2D eigenvalue weighted by Gasteiger charge is -2.16. The first-order valence-corrected chi connectivity index (χ1v) is 8.77. The van der Waals surface area contributed by atoms with Crippen LogP contribution in [0.15, 0.2) is 48.5 Å². The Hall–Kier alpha value is -1.07. The van der Waals surface area contributed by atoms with E-state index in [9.17, 15) is 8.42 Å². The van der Waals surface area contributed by atoms with Gasteiger partial charge in [0.1, 0.15) is 0 Å². The molecule has 2 rings (SSSR count). The molecule has 0 bridgehead atoms. The number of benzene rings is 2. The van der Waals surface area contributed by atoms with Crippen LogP contribution in [0.1, 0.15) is 24.1 Å². The molecule has 2 aromatic carbocycles. The van der Waals surface area contributed by atoms with Crippen LogP contribution in [-0.4, -0.2) is 8.42 Å². The summed E-state index contributed by atoms with van der Waals surface area (Å²) in [7, 11) is -3.45. The predicted molar refractivity (Wildman–Crippen MR) is 87.1 cm³/mol. The van der Waals surface area contributed by atoms with Gasteiger partial charge in [-0.2, -0.15) is 0 Å². The third kappa shape index (κ3) is 4.71. The quantitative estimate of drug-likeness (QED) is 0.885. The van der Waals surface area contributed by atoms with Crippen molar-refractivity contribution in [3.05, 3.63) is 69.7 Å². The standard InChI is InChI=1S/C15H15Cl2NO2S/c1-11(14-8-7-13(16)9-15(14)17)18-21(19,20)10-12-5-3-2-4-6-12/h2-9,11,18H,10H2,1H3. The van der Waals surface area contributed by atoms with Crippen LogP contribution in [0, 0.1) is 0 Å². The summed E-state index contributed by atoms with van der Waals surface area (Å²) in [6, 6.07) is 13.6. The highest BCUT2D eigenvalue weighted by Gasteiger charge is 2.18. The van der Waals surface area contributed by atoms with Crippen LogP contribution >= 0.6 is 23.2 Å². The van der Waals surface area contributed by atoms with E-state index >= 15 is 0 Å². The van der Waals surface area contributed by atoms with Gasteiger partial charge in [-0.25, -0.2) is 13.1 Å². The minimum atomic E-state index is -3.45. The van der Waals surface area contributed by atoms with E-state index in [4.69, 9.17) is 23.2 Å². The van der Waals surface area contributed by atoms with Crippen molar-refractivity contribution < 1.29 is 8.42 Å². The van der Waals surface area contributed by atoms with Gasteiger partial charge < -0.3 is 0 Å². The lowest BCUT2D eigenvalue weighted by Crippen LogP contribution is -2.28. The molecule has 3 nitrogen and oxygen atoms in total. The summed E-state index contributed by atoms with van der Waals surface area (Å²) in [4.78, 5) is 0. The summed E-state index contributed by atoms with van der Waals surface area (Å²) in [6.07, 6.45) is 0. The van der Waals surface area contributed by atoms with Crippen molar-refractivity contribution in [2.24, 2.45) is 0 Å². The smallest absolute Gasteiger partial charge is 0.212 e. The summed E-state index contributed by atoms with van der Waals surface area (Å²) < 4.78 is 27.0. The normalized spacial score (nSPS) is 13.1. The summed E-state index contributed by atoms with van der Waals surface area (Å²) >= 11 is 11.9. The third-order valence-corrected chi connectivity index (χ3v) is 4.97. The first kappa shape index (κ1) is 16.3. The Morgan fingerprint density at radius 2 is 1.76 bits per heavy atom. The molecule has 1 N–H and O–H groups in total. The number of nitrogens with one attached hydrogen (secondary N) is 1. The fourth-order valence-corrected chi connectivity index (χ4v) is 3.97. The molecule has 0 aliphatic heterocycles. The maximum absolute atomic E-state index is 12.2. The molecular weight excluding hydrogens is 329 g/mol. The monoisotopic (exact) mass is 343 g/mol. The average Bonchev–Trinajstić information content (AvgIpc) is 2.38. The average molecular weight is 344 g/mol. The molecule has 0 radical (unpaired) electrons. The van der Waals surface area contributed by atoms with Crippen molar-refractivity contribution in [1.29, 1.82) is 0 Å². The van der Waals surface area contributed by atoms with Gasteiger partial charge in [-0.3, -0.25) is 0 Å². The highest BCUT2D eigenvalue weighted by Crippen LogP contribution is 2.26. The molecule has 0 saturated heterocycles. The first-order valence-electron chi connectivity index (χ1n) is 6.36. The summed E-state index contributed by atoms with van der Waals surface area (Å²) in [6.45, 7) is 1.75. The summed E-state index contributed by atoms with van der Waals surface area (Å²) in [5, 5.41) is 0.959. The van der Waals surface area contributed by atoms with E-state index in [2.05, 4.69) is 4.72 Å². The molecule has 112 valence electrons. The highest BCUT2D eigenvalue weighted by atomic mass is 35.5. The Labute approximate surface area is 135 Å². The van der Waals surface area contributed by atoms with Crippen molar-refractivity contribution >= 4 is 33.2 Å². The number of hydrogen-bond acceptors (Lipinski definition) is 2. The van der Waals surface area contributed by atoms with Crippen molar-refractivity contribution in [2.45, 2.75) is 18.7 Å². The summed E-state index contributed by atoms with van der Waals surface area (Å²) in [5.74, 6) is -0.0661. The molecule has 0 fully saturated rings. The van der Waals surface area contributed by atoms with Crippen LogP contribution in [0.25, 0.3) is 0 Å². The van der Waals surface area contributed by atoms with E-state index in [-0.39, 0.29) is 5.75 Å². The minimum Gasteiger partial charge on any atom is -0.212 e. The van der Waals surface area contributed by atoms with Crippen LogP contribution in [-0.2, 0) is 15.8 Å². The Balaban J connectivity index is 2.12. The zero-order chi connectivity index (χ0) is 15.5. The third-order valence-electron chi connectivity index (χ3n) is 2.98. The second-order valence-electron chi connectivity index (χ2n) is 4.75. The molecule has 0 saturated carbocycles. The van der Waals surface area contributed by atoms with E-state index in [0.29, 0.717) is 15.6 Å². The molecule has 1 unspecified atom stereocenters. The molecule has 0 aliphatic rings. The van der Waals surface area contributed by atoms with Gasteiger partial charge in [0.2, 0.25) is 10.0 Å². The van der Waals surface area contributed by atoms with Gasteiger partial charge in [-0.15, -0.1) is 0 Å². The van der Waals surface area contributed by atoms with Crippen LogP contribution in [0.3, 0.4) is 0 Å². The minimum absolute atomic E-state index is 0.0661. The van der Waals surface area contributed by atoms with Gasteiger partial charge in [-0.1, -0.05) is 59.6 Å². The largest absolute Gasteiger partial charge is 0.216 e. The highest BCUT2D eigenvalue weighted by molar-refractivity contribution is 7.88. The van der Waals surface area contributed by atoms with Crippen molar-refractivity contribution in [2.75, 3.05) is 0 Å². The molecular formula is C15H15Cl2NO2S. The number of hydrogen-bond donors (Lipinski definition) is 1. The van der Waals surface area contributed by atoms with Gasteiger partial charge in [0.15, 0.2) is 0 Å². The van der Waals surface area contributed by atoms with E-state index in [1.165, 1.54) is 0 Å². The molecule has 0 aromatic heterocycles. The molecule has 0 amide bonds. The Morgan fingerprint density at radius 3 is 2.38 bits per heavy atom. The number of rotatable bonds is 5. The summed E-state index contributed by atoms with van der Waals surface area (Å²) in [5.41, 5.74) is 1.43. The van der Waals surface area contributed by atoms with Gasteiger partial charge in [0, 0.05) is 16.1 Å². The maximum Gasteiger partial charge on any atom is 0.216 e. The Kier molecular flexibility index (Phi) is 5.27. The fourth-order valence-electron chi connectivity index (χ4n) is 2.02. The lowest BCUT2D eigenvalue weighted by atomic mass is 10.1. The van der Waals surface area contributed by atoms with Crippen LogP contribution < -0.4 is 4.72 Å². The van der Waals surface area contributed by atoms with E-state index in [1.807, 2.05) is 18.2 Å². The zero-order valence-electron chi connectivity index (χ0n) is 11.4. The van der Waals surface area contributed by atoms with Crippen LogP contribution in [0.4, 0.5) is 0 Å². The first-order chi connectivity index (χ1) is 9.87. The zero-order valence-corrected chi connectivity index (χ0v) is 13.7. The van der Waals surface area contributed by atoms with Crippen molar-refractivity contribution in [1.82, 2.24) is 4.72 Å². The molecule has 2 aromatic rings. The SMILES string of the molecule is CC(NS(=O)(=O)Cc1ccccc1)c1ccc(Cl)cc1Cl. The van der Waals surface area contributed by atoms with Crippen LogP contribution in [0.2, 0.25) is 10.0 Å². The number of halogens is 2. The van der Waals surface area contributed by atoms with Crippen LogP contribution in [0.5, 0.6) is 0 Å². The van der Waals surface area contributed by atoms with Gasteiger partial charge in [0.25, 0.3) is 0 Å². The Bertz CT molecular complexity index is 718. The molecule has 6 heteroatoms. The second kappa shape index (κ2) is 6.79. The predicted octanol–water partition coefficient (Wildman–Crippen LogP) is 4.17. The second-order valence-corrected chi connectivity index (χ2v) is 7.35. The van der Waals surface area contributed by atoms with Gasteiger partial charge >= 0.3 is 0 Å². The van der Waals surface area contributed by atoms with Crippen molar-refractivity contribution in [3.63, 3.8) is 0 Å². The van der Waals surface area contributed by atoms with E-state index in [1.54, 1.807) is 37.3 Å². The van der Waals surface area contributed by atoms with E-state index < -0.39 is 16.1 Å². The molecule has 1 atom stereocenters. The molecule has 0 aliphatic carbocycles.